The van der Waals surface area contributed by atoms with Gasteiger partial charge in [-0.05, 0) is 70.1 Å². The van der Waals surface area contributed by atoms with E-state index in [9.17, 15) is 4.39 Å². The second-order valence-electron chi connectivity index (χ2n) is 7.78. The molecule has 4 rings (SSSR count). The zero-order valence-corrected chi connectivity index (χ0v) is 19.3. The van der Waals surface area contributed by atoms with E-state index in [-0.39, 0.29) is 5.82 Å². The van der Waals surface area contributed by atoms with E-state index in [4.69, 9.17) is 9.47 Å². The minimum absolute atomic E-state index is 0.337. The second-order valence-corrected chi connectivity index (χ2v) is 8.69. The summed E-state index contributed by atoms with van der Waals surface area (Å²) in [5.41, 5.74) is 1.04. The van der Waals surface area contributed by atoms with Crippen molar-refractivity contribution in [2.75, 3.05) is 38.7 Å². The number of nitrogens with zero attached hydrogens (tertiary/aromatic N) is 3. The molecular weight excluding hydrogens is 463 g/mol. The lowest BCUT2D eigenvalue weighted by atomic mass is 9.98. The van der Waals surface area contributed by atoms with Crippen molar-refractivity contribution in [1.29, 1.82) is 0 Å². The van der Waals surface area contributed by atoms with Crippen LogP contribution in [0.3, 0.4) is 0 Å². The number of fused-ring (bicyclic) bond motifs is 1. The number of likely N-dealkylation sites (tertiary alicyclic amines) is 1. The van der Waals surface area contributed by atoms with E-state index >= 15 is 0 Å². The van der Waals surface area contributed by atoms with Gasteiger partial charge in [0.2, 0.25) is 0 Å². The van der Waals surface area contributed by atoms with Gasteiger partial charge in [0.15, 0.2) is 11.5 Å². The molecule has 3 aromatic rings. The first-order valence-corrected chi connectivity index (χ1v) is 11.3. The molecule has 0 aliphatic carbocycles. The molecule has 1 aromatic heterocycles. The monoisotopic (exact) mass is 488 g/mol. The van der Waals surface area contributed by atoms with Gasteiger partial charge in [0.1, 0.15) is 18.0 Å². The van der Waals surface area contributed by atoms with Gasteiger partial charge in [0.25, 0.3) is 0 Å². The molecule has 2 heterocycles. The van der Waals surface area contributed by atoms with E-state index in [1.165, 1.54) is 12.4 Å². The second kappa shape index (κ2) is 9.78. The van der Waals surface area contributed by atoms with Gasteiger partial charge in [-0.25, -0.2) is 14.4 Å². The maximum atomic E-state index is 14.3. The molecule has 0 saturated carbocycles. The summed E-state index contributed by atoms with van der Waals surface area (Å²) >= 11 is 3.28. The molecule has 0 radical (unpaired) electrons. The third-order valence-electron chi connectivity index (χ3n) is 5.50. The molecule has 2 aromatic carbocycles. The highest BCUT2D eigenvalue weighted by Gasteiger charge is 2.19. The minimum atomic E-state index is -0.371. The molecule has 0 unspecified atom stereocenters. The van der Waals surface area contributed by atoms with Gasteiger partial charge < -0.3 is 19.7 Å². The first kappa shape index (κ1) is 21.8. The Kier molecular flexibility index (Phi) is 6.87. The molecule has 1 saturated heterocycles. The molecule has 1 N–H and O–H groups in total. The Balaban J connectivity index is 1.60. The van der Waals surface area contributed by atoms with Gasteiger partial charge >= 0.3 is 0 Å². The van der Waals surface area contributed by atoms with Crippen molar-refractivity contribution in [3.05, 3.63) is 46.9 Å². The number of rotatable bonds is 7. The van der Waals surface area contributed by atoms with E-state index in [0.717, 1.165) is 31.3 Å². The lowest BCUT2D eigenvalue weighted by molar-refractivity contribution is 0.156. The van der Waals surface area contributed by atoms with E-state index in [2.05, 4.69) is 43.2 Å². The van der Waals surface area contributed by atoms with Gasteiger partial charge in [0.05, 0.1) is 24.4 Å². The summed E-state index contributed by atoms with van der Waals surface area (Å²) in [4.78, 5) is 11.1. The van der Waals surface area contributed by atoms with Crippen molar-refractivity contribution in [3.8, 4) is 11.5 Å². The standard InChI is InChI=1S/C23H26BrFN4O2/c1-3-30-21-11-17-20(12-22(21)31-13-15-6-8-29(2)9-7-15)26-14-27-23(17)28-19-5-4-16(24)10-18(19)25/h4-5,10-12,14-15H,3,6-9,13H2,1-2H3,(H,26,27,28). The Morgan fingerprint density at radius 3 is 2.65 bits per heavy atom. The van der Waals surface area contributed by atoms with Gasteiger partial charge in [-0.1, -0.05) is 15.9 Å². The number of halogens is 2. The summed E-state index contributed by atoms with van der Waals surface area (Å²) in [5.74, 6) is 1.98. The number of hydrogen-bond donors (Lipinski definition) is 1. The highest BCUT2D eigenvalue weighted by Crippen LogP contribution is 2.36. The van der Waals surface area contributed by atoms with Crippen LogP contribution in [0.25, 0.3) is 10.9 Å². The summed E-state index contributed by atoms with van der Waals surface area (Å²) in [6.07, 6.45) is 3.72. The number of ether oxygens (including phenoxy) is 2. The van der Waals surface area contributed by atoms with Crippen molar-refractivity contribution >= 4 is 38.3 Å². The highest BCUT2D eigenvalue weighted by molar-refractivity contribution is 9.10. The normalized spacial score (nSPS) is 15.2. The molecule has 1 aliphatic rings. The number of benzene rings is 2. The van der Waals surface area contributed by atoms with E-state index < -0.39 is 0 Å². The largest absolute Gasteiger partial charge is 0.490 e. The van der Waals surface area contributed by atoms with Crippen LogP contribution in [-0.4, -0.2) is 48.2 Å². The molecule has 0 spiro atoms. The molecule has 0 bridgehead atoms. The number of piperidine rings is 1. The van der Waals surface area contributed by atoms with Gasteiger partial charge in [0, 0.05) is 15.9 Å². The Bertz CT molecular complexity index is 1060. The Morgan fingerprint density at radius 1 is 1.13 bits per heavy atom. The van der Waals surface area contributed by atoms with E-state index in [1.807, 2.05) is 19.1 Å². The Morgan fingerprint density at radius 2 is 1.90 bits per heavy atom. The van der Waals surface area contributed by atoms with Crippen LogP contribution < -0.4 is 14.8 Å². The first-order valence-electron chi connectivity index (χ1n) is 10.5. The van der Waals surface area contributed by atoms with Gasteiger partial charge in [-0.2, -0.15) is 0 Å². The van der Waals surface area contributed by atoms with E-state index in [1.54, 1.807) is 12.1 Å². The number of aromatic nitrogens is 2. The van der Waals surface area contributed by atoms with Crippen molar-refractivity contribution in [1.82, 2.24) is 14.9 Å². The number of hydrogen-bond acceptors (Lipinski definition) is 6. The minimum Gasteiger partial charge on any atom is -0.490 e. The summed E-state index contributed by atoms with van der Waals surface area (Å²) in [6, 6.07) is 8.58. The lowest BCUT2D eigenvalue weighted by Gasteiger charge is -2.29. The fourth-order valence-corrected chi connectivity index (χ4v) is 4.03. The molecule has 0 atom stereocenters. The Hall–Kier alpha value is -2.45. The highest BCUT2D eigenvalue weighted by atomic mass is 79.9. The third kappa shape index (κ3) is 5.25. The molecule has 1 aliphatic heterocycles. The first-order chi connectivity index (χ1) is 15.0. The molecular formula is C23H26BrFN4O2. The average molecular weight is 489 g/mol. The van der Waals surface area contributed by atoms with Crippen LogP contribution in [-0.2, 0) is 0 Å². The van der Waals surface area contributed by atoms with Crippen molar-refractivity contribution < 1.29 is 13.9 Å². The molecule has 6 nitrogen and oxygen atoms in total. The van der Waals surface area contributed by atoms with Gasteiger partial charge in [-0.15, -0.1) is 0 Å². The van der Waals surface area contributed by atoms with Crippen LogP contribution >= 0.6 is 15.9 Å². The van der Waals surface area contributed by atoms with Crippen LogP contribution in [0.15, 0.2) is 41.1 Å². The average Bonchev–Trinajstić information content (AvgIpc) is 2.76. The van der Waals surface area contributed by atoms with Crippen molar-refractivity contribution in [2.45, 2.75) is 19.8 Å². The summed E-state index contributed by atoms with van der Waals surface area (Å²) in [6.45, 7) is 5.29. The molecule has 8 heteroatoms. The molecule has 1 fully saturated rings. The smallest absolute Gasteiger partial charge is 0.163 e. The maximum absolute atomic E-state index is 14.3. The topological polar surface area (TPSA) is 59.5 Å². The fourth-order valence-electron chi connectivity index (χ4n) is 3.70. The zero-order valence-electron chi connectivity index (χ0n) is 17.7. The molecule has 31 heavy (non-hydrogen) atoms. The predicted molar refractivity (Wildman–Crippen MR) is 124 cm³/mol. The van der Waals surface area contributed by atoms with Crippen molar-refractivity contribution in [2.24, 2.45) is 5.92 Å². The van der Waals surface area contributed by atoms with Gasteiger partial charge in [-0.3, -0.25) is 0 Å². The van der Waals surface area contributed by atoms with Crippen LogP contribution in [0.4, 0.5) is 15.9 Å². The van der Waals surface area contributed by atoms with Crippen LogP contribution in [0, 0.1) is 11.7 Å². The molecule has 164 valence electrons. The lowest BCUT2D eigenvalue weighted by Crippen LogP contribution is -2.32. The zero-order chi connectivity index (χ0) is 21.8. The summed E-state index contributed by atoms with van der Waals surface area (Å²) < 4.78 is 27.0. The number of nitrogens with one attached hydrogen (secondary N) is 1. The van der Waals surface area contributed by atoms with Crippen LogP contribution in [0.2, 0.25) is 0 Å². The van der Waals surface area contributed by atoms with Crippen LogP contribution in [0.5, 0.6) is 11.5 Å². The van der Waals surface area contributed by atoms with E-state index in [0.29, 0.717) is 52.1 Å². The molecule has 0 amide bonds. The predicted octanol–water partition coefficient (Wildman–Crippen LogP) is 5.39. The summed E-state index contributed by atoms with van der Waals surface area (Å²) in [5, 5.41) is 3.81. The van der Waals surface area contributed by atoms with Crippen LogP contribution in [0.1, 0.15) is 19.8 Å². The number of anilines is 2. The Labute approximate surface area is 189 Å². The summed E-state index contributed by atoms with van der Waals surface area (Å²) in [7, 11) is 2.15. The van der Waals surface area contributed by atoms with Crippen molar-refractivity contribution in [3.63, 3.8) is 0 Å². The SMILES string of the molecule is CCOc1cc2c(Nc3ccc(Br)cc3F)ncnc2cc1OCC1CCN(C)CC1. The fraction of sp³-hybridized carbons (Fsp3) is 0.391. The maximum Gasteiger partial charge on any atom is 0.163 e. The quantitative estimate of drug-likeness (QED) is 0.480. The third-order valence-corrected chi connectivity index (χ3v) is 5.99.